The second-order valence-electron chi connectivity index (χ2n) is 5.26. The number of hydrogen-bond donors (Lipinski definition) is 3. The fraction of sp³-hybridized carbons (Fsp3) is 0.0625. The van der Waals surface area contributed by atoms with Crippen molar-refractivity contribution in [3.63, 3.8) is 0 Å². The predicted octanol–water partition coefficient (Wildman–Crippen LogP) is 3.72. The van der Waals surface area contributed by atoms with Gasteiger partial charge < -0.3 is 16.6 Å². The number of aromatic nitrogens is 1. The molecule has 0 aliphatic carbocycles. The number of rotatable bonds is 2. The van der Waals surface area contributed by atoms with Gasteiger partial charge in [0.05, 0.1) is 11.3 Å². The zero-order valence-electron chi connectivity index (χ0n) is 12.8. The van der Waals surface area contributed by atoms with Gasteiger partial charge in [0.1, 0.15) is 27.2 Å². The number of nitrogens with zero attached hydrogens (tertiary/aromatic N) is 2. The number of benzene rings is 1. The summed E-state index contributed by atoms with van der Waals surface area (Å²) in [6.45, 7) is 0. The Balaban J connectivity index is 2.37. The number of aromatic carboxylic acids is 1. The van der Waals surface area contributed by atoms with Crippen molar-refractivity contribution in [2.45, 2.75) is 6.18 Å². The van der Waals surface area contributed by atoms with Crippen molar-refractivity contribution in [3.8, 4) is 17.2 Å². The summed E-state index contributed by atoms with van der Waals surface area (Å²) < 4.78 is 38.3. The second-order valence-corrected chi connectivity index (χ2v) is 6.26. The molecule has 132 valence electrons. The topological polar surface area (TPSA) is 126 Å². The zero-order valence-corrected chi connectivity index (χ0v) is 13.6. The summed E-state index contributed by atoms with van der Waals surface area (Å²) >= 11 is 0.777. The smallest absolute Gasteiger partial charge is 0.416 e. The van der Waals surface area contributed by atoms with Crippen molar-refractivity contribution in [2.75, 3.05) is 11.5 Å². The molecule has 26 heavy (non-hydrogen) atoms. The van der Waals surface area contributed by atoms with Crippen molar-refractivity contribution in [3.05, 3.63) is 40.3 Å². The lowest BCUT2D eigenvalue weighted by atomic mass is 9.96. The van der Waals surface area contributed by atoms with Crippen LogP contribution in [0.2, 0.25) is 0 Å². The van der Waals surface area contributed by atoms with Gasteiger partial charge in [-0.05, 0) is 17.7 Å². The number of fused-ring (bicyclic) bond motifs is 1. The molecule has 0 unspecified atom stereocenters. The summed E-state index contributed by atoms with van der Waals surface area (Å²) in [5, 5.41) is 18.8. The molecule has 6 nitrogen and oxygen atoms in total. The summed E-state index contributed by atoms with van der Waals surface area (Å²) in [5.41, 5.74) is 11.0. The summed E-state index contributed by atoms with van der Waals surface area (Å²) in [5.74, 6) is -1.44. The van der Waals surface area contributed by atoms with Gasteiger partial charge in [-0.15, -0.1) is 11.3 Å². The molecule has 0 spiro atoms. The third kappa shape index (κ3) is 2.68. The number of nitrogens with two attached hydrogens (primary N) is 2. The van der Waals surface area contributed by atoms with Gasteiger partial charge in [0.2, 0.25) is 0 Å². The number of hydrogen-bond acceptors (Lipinski definition) is 6. The molecule has 0 atom stereocenters. The number of alkyl halides is 3. The Bertz CT molecular complexity index is 1080. The van der Waals surface area contributed by atoms with E-state index in [4.69, 9.17) is 11.5 Å². The molecule has 0 aliphatic heterocycles. The van der Waals surface area contributed by atoms with Gasteiger partial charge in [-0.3, -0.25) is 0 Å². The number of nitriles is 1. The Kier molecular flexibility index (Phi) is 3.96. The molecule has 0 saturated carbocycles. The van der Waals surface area contributed by atoms with Crippen LogP contribution in [-0.4, -0.2) is 16.1 Å². The molecule has 0 fully saturated rings. The van der Waals surface area contributed by atoms with E-state index in [0.29, 0.717) is 0 Å². The highest BCUT2D eigenvalue weighted by atomic mass is 32.1. The number of anilines is 2. The van der Waals surface area contributed by atoms with E-state index in [0.717, 1.165) is 23.5 Å². The van der Waals surface area contributed by atoms with E-state index in [1.54, 1.807) is 0 Å². The van der Waals surface area contributed by atoms with Gasteiger partial charge in [-0.25, -0.2) is 9.78 Å². The molecule has 0 bridgehead atoms. The highest BCUT2D eigenvalue weighted by molar-refractivity contribution is 7.21. The standard InChI is InChI=1S/C16H9F3N4O2S/c17-16(18,19)7-3-1-6(2-4-7)9-8(5-20)13(22)23-14-10(9)11(21)12(26-14)15(24)25/h1-4H,21H2,(H2,22,23)(H,24,25). The fourth-order valence-electron chi connectivity index (χ4n) is 2.56. The molecule has 0 aliphatic rings. The molecule has 1 aromatic carbocycles. The van der Waals surface area contributed by atoms with Gasteiger partial charge in [-0.2, -0.15) is 18.4 Å². The van der Waals surface area contributed by atoms with Crippen LogP contribution in [-0.2, 0) is 6.18 Å². The zero-order chi connectivity index (χ0) is 19.2. The maximum atomic E-state index is 12.8. The predicted molar refractivity (Wildman–Crippen MR) is 90.6 cm³/mol. The van der Waals surface area contributed by atoms with Crippen LogP contribution in [0.3, 0.4) is 0 Å². The van der Waals surface area contributed by atoms with Crippen molar-refractivity contribution < 1.29 is 23.1 Å². The highest BCUT2D eigenvalue weighted by Crippen LogP contribution is 2.43. The average Bonchev–Trinajstić information content (AvgIpc) is 2.89. The summed E-state index contributed by atoms with van der Waals surface area (Å²) in [7, 11) is 0. The molecule has 0 radical (unpaired) electrons. The van der Waals surface area contributed by atoms with E-state index in [2.05, 4.69) is 4.98 Å². The molecule has 5 N–H and O–H groups in total. The number of thiophene rings is 1. The van der Waals surface area contributed by atoms with E-state index < -0.39 is 17.7 Å². The van der Waals surface area contributed by atoms with Crippen LogP contribution in [0, 0.1) is 11.3 Å². The second kappa shape index (κ2) is 5.89. The van der Waals surface area contributed by atoms with Crippen LogP contribution < -0.4 is 11.5 Å². The van der Waals surface area contributed by atoms with Gasteiger partial charge in [0, 0.05) is 10.9 Å². The Morgan fingerprint density at radius 2 is 1.85 bits per heavy atom. The molecule has 2 aromatic heterocycles. The van der Waals surface area contributed by atoms with Crippen LogP contribution in [0.1, 0.15) is 20.8 Å². The number of carboxylic acids is 1. The Morgan fingerprint density at radius 1 is 1.23 bits per heavy atom. The molecule has 0 saturated heterocycles. The molecular weight excluding hydrogens is 369 g/mol. The first kappa shape index (κ1) is 17.5. The third-order valence-corrected chi connectivity index (χ3v) is 4.80. The lowest BCUT2D eigenvalue weighted by molar-refractivity contribution is -0.137. The Labute approximate surface area is 148 Å². The van der Waals surface area contributed by atoms with E-state index in [9.17, 15) is 28.3 Å². The van der Waals surface area contributed by atoms with Crippen LogP contribution in [0.5, 0.6) is 0 Å². The first-order valence-electron chi connectivity index (χ1n) is 6.97. The number of nitrogen functional groups attached to an aromatic ring is 2. The average molecular weight is 378 g/mol. The third-order valence-electron chi connectivity index (χ3n) is 3.71. The van der Waals surface area contributed by atoms with E-state index in [1.807, 2.05) is 6.07 Å². The van der Waals surface area contributed by atoms with Crippen molar-refractivity contribution in [2.24, 2.45) is 0 Å². The molecule has 3 rings (SSSR count). The molecule has 10 heteroatoms. The number of carbonyl (C=O) groups is 1. The quantitative estimate of drug-likeness (QED) is 0.624. The summed E-state index contributed by atoms with van der Waals surface area (Å²) in [4.78, 5) is 15.3. The molecule has 3 aromatic rings. The monoisotopic (exact) mass is 378 g/mol. The minimum atomic E-state index is -4.51. The van der Waals surface area contributed by atoms with E-state index in [-0.39, 0.29) is 43.3 Å². The molecular formula is C16H9F3N4O2S. The van der Waals surface area contributed by atoms with Crippen molar-refractivity contribution in [1.82, 2.24) is 4.98 Å². The maximum absolute atomic E-state index is 12.8. The van der Waals surface area contributed by atoms with Crippen LogP contribution >= 0.6 is 11.3 Å². The Hall–Kier alpha value is -3.32. The van der Waals surface area contributed by atoms with E-state index in [1.165, 1.54) is 12.1 Å². The lowest BCUT2D eigenvalue weighted by Crippen LogP contribution is -2.04. The first-order valence-corrected chi connectivity index (χ1v) is 7.79. The largest absolute Gasteiger partial charge is 0.477 e. The normalized spacial score (nSPS) is 11.5. The van der Waals surface area contributed by atoms with Crippen LogP contribution in [0.25, 0.3) is 21.3 Å². The lowest BCUT2D eigenvalue weighted by Gasteiger charge is -2.11. The van der Waals surface area contributed by atoms with Crippen molar-refractivity contribution in [1.29, 1.82) is 5.26 Å². The minimum Gasteiger partial charge on any atom is -0.477 e. The van der Waals surface area contributed by atoms with E-state index >= 15 is 0 Å². The summed E-state index contributed by atoms with van der Waals surface area (Å²) in [6, 6.07) is 5.93. The molecule has 2 heterocycles. The van der Waals surface area contributed by atoms with Gasteiger partial charge in [0.25, 0.3) is 0 Å². The maximum Gasteiger partial charge on any atom is 0.416 e. The minimum absolute atomic E-state index is 0.0845. The highest BCUT2D eigenvalue weighted by Gasteiger charge is 2.30. The van der Waals surface area contributed by atoms with Gasteiger partial charge in [-0.1, -0.05) is 12.1 Å². The number of halogens is 3. The van der Waals surface area contributed by atoms with Gasteiger partial charge >= 0.3 is 12.1 Å². The SMILES string of the molecule is N#Cc1c(N)nc2sc(C(=O)O)c(N)c2c1-c1ccc(C(F)(F)F)cc1. The number of carboxylic acid groups (broad SMARTS) is 1. The summed E-state index contributed by atoms with van der Waals surface area (Å²) in [6.07, 6.45) is -4.51. The number of pyridine rings is 1. The Morgan fingerprint density at radius 3 is 2.35 bits per heavy atom. The van der Waals surface area contributed by atoms with Gasteiger partial charge in [0.15, 0.2) is 0 Å². The van der Waals surface area contributed by atoms with Crippen molar-refractivity contribution >= 4 is 39.0 Å². The fourth-order valence-corrected chi connectivity index (χ4v) is 3.51. The van der Waals surface area contributed by atoms with Crippen LogP contribution in [0.4, 0.5) is 24.7 Å². The molecule has 0 amide bonds. The van der Waals surface area contributed by atoms with Crippen LogP contribution in [0.15, 0.2) is 24.3 Å². The first-order chi connectivity index (χ1) is 12.1.